The van der Waals surface area contributed by atoms with Crippen molar-refractivity contribution < 1.29 is 9.53 Å². The van der Waals surface area contributed by atoms with Crippen LogP contribution < -0.4 is 10.5 Å². The van der Waals surface area contributed by atoms with Crippen molar-refractivity contribution in [1.82, 2.24) is 19.4 Å². The Hall–Kier alpha value is -4.64. The Morgan fingerprint density at radius 2 is 1.84 bits per heavy atom. The fourth-order valence-electron chi connectivity index (χ4n) is 5.16. The summed E-state index contributed by atoms with van der Waals surface area (Å²) in [4.78, 5) is 23.9. The number of anilines is 1. The molecule has 8 nitrogen and oxygen atoms in total. The molecule has 2 fully saturated rings. The maximum Gasteiger partial charge on any atom is 0.264 e. The Balaban J connectivity index is 1.29. The van der Waals surface area contributed by atoms with E-state index in [1.54, 1.807) is 0 Å². The Labute approximate surface area is 221 Å². The highest BCUT2D eigenvalue weighted by atomic mass is 16.5. The summed E-state index contributed by atoms with van der Waals surface area (Å²) in [6.07, 6.45) is 9.24. The minimum Gasteiger partial charge on any atom is -0.457 e. The standard InChI is InChI=1S/C30H28N6O2/c31-16-22(15-20-8-9-20)30(37)36-14-4-5-23(36)17-35-18-26(27-28(32)33-19-34-29(27)35)21-10-12-25(13-11-21)38-24-6-2-1-3-7-24/h1-3,6-7,10-13,15,18-20,23H,4-5,8-9,14,17H2,(H2,32,33,34)/t23-/m0/s1. The second kappa shape index (κ2) is 10.0. The number of nitriles is 1. The van der Waals surface area contributed by atoms with Gasteiger partial charge in [0, 0.05) is 24.8 Å². The highest BCUT2D eigenvalue weighted by Gasteiger charge is 2.33. The number of nitrogen functional groups attached to an aromatic ring is 1. The molecule has 2 aromatic carbocycles. The summed E-state index contributed by atoms with van der Waals surface area (Å²) in [5, 5.41) is 10.4. The highest BCUT2D eigenvalue weighted by molar-refractivity contribution is 6.01. The number of rotatable bonds is 7. The number of nitrogens with zero attached hydrogens (tertiary/aromatic N) is 5. The average molecular weight is 505 g/mol. The molecule has 0 spiro atoms. The van der Waals surface area contributed by atoms with Gasteiger partial charge < -0.3 is 19.9 Å². The number of amides is 1. The van der Waals surface area contributed by atoms with Crippen molar-refractivity contribution in [2.24, 2.45) is 5.92 Å². The Morgan fingerprint density at radius 1 is 1.08 bits per heavy atom. The number of carbonyl (C=O) groups is 1. The molecule has 4 aromatic rings. The molecule has 1 aliphatic carbocycles. The third kappa shape index (κ3) is 4.71. The van der Waals surface area contributed by atoms with Crippen LogP contribution >= 0.6 is 0 Å². The van der Waals surface area contributed by atoms with Crippen molar-refractivity contribution in [3.05, 3.63) is 78.8 Å². The third-order valence-electron chi connectivity index (χ3n) is 7.25. The first-order valence-corrected chi connectivity index (χ1v) is 13.0. The topological polar surface area (TPSA) is 110 Å². The third-order valence-corrected chi connectivity index (χ3v) is 7.25. The SMILES string of the molecule is N#CC(=CC1CC1)C(=O)N1CCC[C@H]1Cn1cc(-c2ccc(Oc3ccccc3)cc2)c2c(N)ncnc21. The van der Waals surface area contributed by atoms with Crippen LogP contribution in [0.15, 0.2) is 78.8 Å². The molecular weight excluding hydrogens is 476 g/mol. The quantitative estimate of drug-likeness (QED) is 0.269. The van der Waals surface area contributed by atoms with E-state index in [2.05, 4.69) is 20.6 Å². The van der Waals surface area contributed by atoms with E-state index in [4.69, 9.17) is 10.5 Å². The molecule has 8 heteroatoms. The van der Waals surface area contributed by atoms with E-state index in [1.807, 2.05) is 71.8 Å². The summed E-state index contributed by atoms with van der Waals surface area (Å²) in [5.41, 5.74) is 9.22. The Bertz CT molecular complexity index is 1550. The minimum absolute atomic E-state index is 0.0280. The molecule has 2 aromatic heterocycles. The lowest BCUT2D eigenvalue weighted by molar-refractivity contribution is -0.127. The van der Waals surface area contributed by atoms with Crippen LogP contribution in [0.2, 0.25) is 0 Å². The van der Waals surface area contributed by atoms with Gasteiger partial charge in [-0.2, -0.15) is 5.26 Å². The lowest BCUT2D eigenvalue weighted by atomic mass is 10.1. The van der Waals surface area contributed by atoms with Gasteiger partial charge in [0.15, 0.2) is 0 Å². The molecule has 1 atom stereocenters. The minimum atomic E-state index is -0.165. The van der Waals surface area contributed by atoms with Gasteiger partial charge in [0.1, 0.15) is 40.9 Å². The molecule has 1 amide bonds. The van der Waals surface area contributed by atoms with Crippen LogP contribution in [0, 0.1) is 17.2 Å². The number of para-hydroxylation sites is 1. The van der Waals surface area contributed by atoms with Crippen LogP contribution in [-0.2, 0) is 11.3 Å². The highest BCUT2D eigenvalue weighted by Crippen LogP contribution is 2.35. The van der Waals surface area contributed by atoms with E-state index in [0.717, 1.165) is 59.3 Å². The summed E-state index contributed by atoms with van der Waals surface area (Å²) >= 11 is 0. The molecule has 2 aliphatic rings. The molecule has 190 valence electrons. The largest absolute Gasteiger partial charge is 0.457 e. The van der Waals surface area contributed by atoms with E-state index < -0.39 is 0 Å². The summed E-state index contributed by atoms with van der Waals surface area (Å²) in [6.45, 7) is 1.22. The normalized spacial score (nSPS) is 17.5. The first-order chi connectivity index (χ1) is 18.6. The summed E-state index contributed by atoms with van der Waals surface area (Å²) in [7, 11) is 0. The molecule has 1 saturated carbocycles. The zero-order valence-electron chi connectivity index (χ0n) is 21.0. The number of allylic oxidation sites excluding steroid dienone is 1. The fraction of sp³-hybridized carbons (Fsp3) is 0.267. The van der Waals surface area contributed by atoms with E-state index >= 15 is 0 Å². The second-order valence-electron chi connectivity index (χ2n) is 9.92. The van der Waals surface area contributed by atoms with Crippen molar-refractivity contribution >= 4 is 22.8 Å². The predicted octanol–water partition coefficient (Wildman–Crippen LogP) is 5.32. The van der Waals surface area contributed by atoms with Crippen molar-refractivity contribution in [2.45, 2.75) is 38.3 Å². The van der Waals surface area contributed by atoms with Gasteiger partial charge in [0.25, 0.3) is 5.91 Å². The fourth-order valence-corrected chi connectivity index (χ4v) is 5.16. The van der Waals surface area contributed by atoms with E-state index in [-0.39, 0.29) is 17.5 Å². The van der Waals surface area contributed by atoms with Crippen molar-refractivity contribution in [2.75, 3.05) is 12.3 Å². The van der Waals surface area contributed by atoms with E-state index in [1.165, 1.54) is 6.33 Å². The molecule has 1 saturated heterocycles. The number of carbonyl (C=O) groups excluding carboxylic acids is 1. The monoisotopic (exact) mass is 504 g/mol. The summed E-state index contributed by atoms with van der Waals surface area (Å²) < 4.78 is 8.00. The van der Waals surface area contributed by atoms with Crippen LogP contribution in [0.25, 0.3) is 22.2 Å². The van der Waals surface area contributed by atoms with Gasteiger partial charge in [-0.1, -0.05) is 36.4 Å². The number of aromatic nitrogens is 3. The van der Waals surface area contributed by atoms with Crippen molar-refractivity contribution in [3.63, 3.8) is 0 Å². The zero-order chi connectivity index (χ0) is 26.1. The van der Waals surface area contributed by atoms with Gasteiger partial charge in [-0.05, 0) is 61.4 Å². The number of fused-ring (bicyclic) bond motifs is 1. The first-order valence-electron chi connectivity index (χ1n) is 13.0. The molecule has 2 N–H and O–H groups in total. The number of nitrogens with two attached hydrogens (primary N) is 1. The maximum absolute atomic E-state index is 13.2. The molecule has 3 heterocycles. The second-order valence-corrected chi connectivity index (χ2v) is 9.92. The van der Waals surface area contributed by atoms with Crippen molar-refractivity contribution in [1.29, 1.82) is 5.26 Å². The van der Waals surface area contributed by atoms with Crippen LogP contribution in [0.5, 0.6) is 11.5 Å². The maximum atomic E-state index is 13.2. The van der Waals surface area contributed by atoms with E-state index in [9.17, 15) is 10.1 Å². The molecular formula is C30H28N6O2. The Morgan fingerprint density at radius 3 is 2.58 bits per heavy atom. The number of ether oxygens (including phenoxy) is 1. The van der Waals surface area contributed by atoms with Gasteiger partial charge in [-0.15, -0.1) is 0 Å². The molecule has 1 aliphatic heterocycles. The summed E-state index contributed by atoms with van der Waals surface area (Å²) in [5.74, 6) is 2.13. The zero-order valence-corrected chi connectivity index (χ0v) is 21.0. The number of benzene rings is 2. The smallest absolute Gasteiger partial charge is 0.264 e. The van der Waals surface area contributed by atoms with Gasteiger partial charge in [-0.3, -0.25) is 4.79 Å². The van der Waals surface area contributed by atoms with E-state index in [0.29, 0.717) is 24.8 Å². The average Bonchev–Trinajstić information content (AvgIpc) is 3.52. The van der Waals surface area contributed by atoms with Crippen LogP contribution in [0.1, 0.15) is 25.7 Å². The lowest BCUT2D eigenvalue weighted by Crippen LogP contribution is -2.38. The number of likely N-dealkylation sites (tertiary alicyclic amines) is 1. The predicted molar refractivity (Wildman–Crippen MR) is 145 cm³/mol. The molecule has 0 unspecified atom stereocenters. The Kier molecular flexibility index (Phi) is 6.26. The lowest BCUT2D eigenvalue weighted by Gasteiger charge is -2.25. The van der Waals surface area contributed by atoms with Crippen molar-refractivity contribution in [3.8, 4) is 28.7 Å². The van der Waals surface area contributed by atoms with Crippen LogP contribution in [-0.4, -0.2) is 37.9 Å². The molecule has 38 heavy (non-hydrogen) atoms. The van der Waals surface area contributed by atoms with Crippen LogP contribution in [0.4, 0.5) is 5.82 Å². The number of hydrogen-bond donors (Lipinski definition) is 1. The molecule has 6 rings (SSSR count). The number of hydrogen-bond acceptors (Lipinski definition) is 6. The van der Waals surface area contributed by atoms with Gasteiger partial charge in [0.05, 0.1) is 11.4 Å². The summed E-state index contributed by atoms with van der Waals surface area (Å²) in [6, 6.07) is 19.6. The van der Waals surface area contributed by atoms with Crippen LogP contribution in [0.3, 0.4) is 0 Å². The molecule has 0 radical (unpaired) electrons. The van der Waals surface area contributed by atoms with Gasteiger partial charge >= 0.3 is 0 Å². The first kappa shape index (κ1) is 23.7. The van der Waals surface area contributed by atoms with Gasteiger partial charge in [0.2, 0.25) is 0 Å². The molecule has 0 bridgehead atoms. The van der Waals surface area contributed by atoms with Gasteiger partial charge in [-0.25, -0.2) is 9.97 Å².